The number of benzene rings is 2. The van der Waals surface area contributed by atoms with Crippen LogP contribution in [0.2, 0.25) is 0 Å². The highest BCUT2D eigenvalue weighted by atomic mass is 16.1. The van der Waals surface area contributed by atoms with Crippen LogP contribution in [0.15, 0.2) is 42.5 Å². The average molecular weight is 220 g/mol. The Labute approximate surface area is 99.8 Å². The Morgan fingerprint density at radius 3 is 2.82 bits per heavy atom. The van der Waals surface area contributed by atoms with Crippen LogP contribution in [0.1, 0.15) is 39.7 Å². The molecule has 0 heterocycles. The van der Waals surface area contributed by atoms with Gasteiger partial charge in [0.2, 0.25) is 0 Å². The highest BCUT2D eigenvalue weighted by Gasteiger charge is 2.34. The van der Waals surface area contributed by atoms with Gasteiger partial charge in [0.05, 0.1) is 0 Å². The van der Waals surface area contributed by atoms with Crippen molar-refractivity contribution in [3.8, 4) is 0 Å². The number of allylic oxidation sites excluding steroid dienone is 2. The van der Waals surface area contributed by atoms with Crippen LogP contribution >= 0.6 is 0 Å². The molecule has 0 spiro atoms. The number of aldehydes is 1. The van der Waals surface area contributed by atoms with Crippen molar-refractivity contribution in [1.82, 2.24) is 0 Å². The third kappa shape index (κ3) is 1.06. The van der Waals surface area contributed by atoms with E-state index < -0.39 is 0 Å². The van der Waals surface area contributed by atoms with E-state index in [1.807, 2.05) is 12.1 Å². The summed E-state index contributed by atoms with van der Waals surface area (Å²) in [4.78, 5) is 11.2. The van der Waals surface area contributed by atoms with Crippen LogP contribution in [-0.4, -0.2) is 6.29 Å². The zero-order chi connectivity index (χ0) is 11.4. The van der Waals surface area contributed by atoms with Crippen LogP contribution in [0.5, 0.6) is 0 Å². The van der Waals surface area contributed by atoms with Crippen molar-refractivity contribution < 1.29 is 4.79 Å². The summed E-state index contributed by atoms with van der Waals surface area (Å²) in [6.45, 7) is 0. The molecule has 0 radical (unpaired) electrons. The molecule has 4 rings (SSSR count). The van der Waals surface area contributed by atoms with E-state index in [-0.39, 0.29) is 0 Å². The molecule has 0 amide bonds. The number of hydrogen-bond acceptors (Lipinski definition) is 1. The lowest BCUT2D eigenvalue weighted by Crippen LogP contribution is -1.97. The van der Waals surface area contributed by atoms with Gasteiger partial charge in [-0.2, -0.15) is 0 Å². The van der Waals surface area contributed by atoms with E-state index in [4.69, 9.17) is 0 Å². The van der Waals surface area contributed by atoms with E-state index in [0.29, 0.717) is 11.8 Å². The molecule has 0 aliphatic heterocycles. The van der Waals surface area contributed by atoms with E-state index in [1.165, 1.54) is 28.3 Å². The van der Waals surface area contributed by atoms with Crippen molar-refractivity contribution in [2.24, 2.45) is 0 Å². The van der Waals surface area contributed by atoms with E-state index in [0.717, 1.165) is 11.8 Å². The SMILES string of the molecule is O=Cc1cccc2ccc3c(c12)C1C=CC3C1. The van der Waals surface area contributed by atoms with Crippen molar-refractivity contribution in [3.05, 3.63) is 59.2 Å². The largest absolute Gasteiger partial charge is 0.298 e. The maximum atomic E-state index is 11.2. The molecule has 2 aromatic rings. The van der Waals surface area contributed by atoms with E-state index >= 15 is 0 Å². The quantitative estimate of drug-likeness (QED) is 0.528. The van der Waals surface area contributed by atoms with Gasteiger partial charge in [-0.05, 0) is 28.3 Å². The summed E-state index contributed by atoms with van der Waals surface area (Å²) >= 11 is 0. The maximum absolute atomic E-state index is 11.2. The molecule has 1 nitrogen and oxygen atoms in total. The molecule has 2 aromatic carbocycles. The Kier molecular flexibility index (Phi) is 1.66. The lowest BCUT2D eigenvalue weighted by Gasteiger charge is -2.14. The van der Waals surface area contributed by atoms with Crippen LogP contribution in [-0.2, 0) is 0 Å². The summed E-state index contributed by atoms with van der Waals surface area (Å²) < 4.78 is 0. The molecule has 0 aromatic heterocycles. The minimum Gasteiger partial charge on any atom is -0.298 e. The van der Waals surface area contributed by atoms with E-state index in [2.05, 4.69) is 30.4 Å². The topological polar surface area (TPSA) is 17.1 Å². The Morgan fingerprint density at radius 1 is 1.06 bits per heavy atom. The van der Waals surface area contributed by atoms with Gasteiger partial charge in [0.1, 0.15) is 0 Å². The second-order valence-electron chi connectivity index (χ2n) is 4.97. The van der Waals surface area contributed by atoms with Crippen molar-refractivity contribution in [1.29, 1.82) is 0 Å². The first-order valence-corrected chi connectivity index (χ1v) is 6.07. The molecule has 0 saturated heterocycles. The predicted molar refractivity (Wildman–Crippen MR) is 68.6 cm³/mol. The highest BCUT2D eigenvalue weighted by Crippen LogP contribution is 2.51. The molecule has 0 fully saturated rings. The molecule has 0 N–H and O–H groups in total. The van der Waals surface area contributed by atoms with Gasteiger partial charge in [0.15, 0.2) is 6.29 Å². The summed E-state index contributed by atoms with van der Waals surface area (Å²) in [6, 6.07) is 10.4. The molecule has 17 heavy (non-hydrogen) atoms. The first-order chi connectivity index (χ1) is 8.38. The molecule has 2 atom stereocenters. The van der Waals surface area contributed by atoms with Gasteiger partial charge in [-0.25, -0.2) is 0 Å². The van der Waals surface area contributed by atoms with Gasteiger partial charge in [0.25, 0.3) is 0 Å². The second kappa shape index (κ2) is 3.07. The first-order valence-electron chi connectivity index (χ1n) is 6.07. The van der Waals surface area contributed by atoms with Crippen LogP contribution in [0, 0.1) is 0 Å². The second-order valence-corrected chi connectivity index (χ2v) is 4.97. The van der Waals surface area contributed by atoms with Gasteiger partial charge >= 0.3 is 0 Å². The standard InChI is InChI=1S/C16H12O/c17-9-13-3-1-2-10-6-7-14-11-4-5-12(8-11)16(14)15(10)13/h1-7,9,11-12H,8H2. The summed E-state index contributed by atoms with van der Waals surface area (Å²) in [5, 5.41) is 2.37. The van der Waals surface area contributed by atoms with E-state index in [1.54, 1.807) is 0 Å². The third-order valence-corrected chi connectivity index (χ3v) is 4.13. The molecule has 82 valence electrons. The minimum absolute atomic E-state index is 0.528. The highest BCUT2D eigenvalue weighted by molar-refractivity contribution is 6.01. The Bertz CT molecular complexity index is 667. The van der Waals surface area contributed by atoms with Gasteiger partial charge in [-0.15, -0.1) is 0 Å². The van der Waals surface area contributed by atoms with Crippen molar-refractivity contribution in [2.75, 3.05) is 0 Å². The van der Waals surface area contributed by atoms with Crippen molar-refractivity contribution in [3.63, 3.8) is 0 Å². The molecule has 0 saturated carbocycles. The third-order valence-electron chi connectivity index (χ3n) is 4.13. The fraction of sp³-hybridized carbons (Fsp3) is 0.188. The predicted octanol–water partition coefficient (Wildman–Crippen LogP) is 3.79. The summed E-state index contributed by atoms with van der Waals surface area (Å²) in [6.07, 6.45) is 6.79. The maximum Gasteiger partial charge on any atom is 0.150 e. The minimum atomic E-state index is 0.528. The lowest BCUT2D eigenvalue weighted by atomic mass is 9.89. The summed E-state index contributed by atoms with van der Waals surface area (Å²) in [5.41, 5.74) is 3.66. The van der Waals surface area contributed by atoms with Gasteiger partial charge in [0, 0.05) is 17.4 Å². The zero-order valence-electron chi connectivity index (χ0n) is 9.39. The molecular weight excluding hydrogens is 208 g/mol. The van der Waals surface area contributed by atoms with Crippen LogP contribution in [0.25, 0.3) is 10.8 Å². The number of rotatable bonds is 1. The Balaban J connectivity index is 2.17. The van der Waals surface area contributed by atoms with Crippen molar-refractivity contribution in [2.45, 2.75) is 18.3 Å². The van der Waals surface area contributed by atoms with Crippen molar-refractivity contribution >= 4 is 17.1 Å². The van der Waals surface area contributed by atoms with Gasteiger partial charge in [-0.3, -0.25) is 4.79 Å². The van der Waals surface area contributed by atoms with Crippen LogP contribution in [0.3, 0.4) is 0 Å². The zero-order valence-corrected chi connectivity index (χ0v) is 9.39. The van der Waals surface area contributed by atoms with Crippen LogP contribution in [0.4, 0.5) is 0 Å². The summed E-state index contributed by atoms with van der Waals surface area (Å²) in [7, 11) is 0. The summed E-state index contributed by atoms with van der Waals surface area (Å²) in [5.74, 6) is 1.11. The molecule has 1 heteroatoms. The Morgan fingerprint density at radius 2 is 1.94 bits per heavy atom. The Hall–Kier alpha value is -1.89. The number of fused-ring (bicyclic) bond motifs is 7. The smallest absolute Gasteiger partial charge is 0.150 e. The number of hydrogen-bond donors (Lipinski definition) is 0. The first kappa shape index (κ1) is 9.17. The molecule has 2 bridgehead atoms. The van der Waals surface area contributed by atoms with Crippen LogP contribution < -0.4 is 0 Å². The molecule has 2 aliphatic rings. The number of carbonyl (C=O) groups is 1. The fourth-order valence-electron chi connectivity index (χ4n) is 3.42. The monoisotopic (exact) mass is 220 g/mol. The normalized spacial score (nSPS) is 24.2. The fourth-order valence-corrected chi connectivity index (χ4v) is 3.42. The average Bonchev–Trinajstić information content (AvgIpc) is 2.99. The molecule has 2 aliphatic carbocycles. The van der Waals surface area contributed by atoms with Gasteiger partial charge < -0.3 is 0 Å². The lowest BCUT2D eigenvalue weighted by molar-refractivity contribution is 0.112. The van der Waals surface area contributed by atoms with Gasteiger partial charge in [-0.1, -0.05) is 42.5 Å². The van der Waals surface area contributed by atoms with E-state index in [9.17, 15) is 4.79 Å². The molecular formula is C16H12O. The number of carbonyl (C=O) groups excluding carboxylic acids is 1. The molecule has 2 unspecified atom stereocenters.